The molecule has 1 aliphatic heterocycles. The van der Waals surface area contributed by atoms with E-state index in [1.54, 1.807) is 4.90 Å². The van der Waals surface area contributed by atoms with Crippen molar-refractivity contribution in [1.82, 2.24) is 4.90 Å². The molecule has 1 unspecified atom stereocenters. The van der Waals surface area contributed by atoms with Crippen LogP contribution in [0.1, 0.15) is 10.6 Å². The third kappa shape index (κ3) is 2.37. The zero-order chi connectivity index (χ0) is 11.5. The number of aliphatic hydroxyl groups excluding tert-OH is 1. The van der Waals surface area contributed by atoms with Crippen LogP contribution in [0, 0.1) is 0 Å². The van der Waals surface area contributed by atoms with Crippen molar-refractivity contribution in [2.45, 2.75) is 6.10 Å². The van der Waals surface area contributed by atoms with Gasteiger partial charge in [0.05, 0.1) is 19.3 Å². The summed E-state index contributed by atoms with van der Waals surface area (Å²) in [6.45, 7) is 1.19. The molecule has 2 rings (SSSR count). The highest BCUT2D eigenvalue weighted by molar-refractivity contribution is 6.29. The Labute approximate surface area is 97.5 Å². The van der Waals surface area contributed by atoms with Crippen LogP contribution >= 0.6 is 11.6 Å². The van der Waals surface area contributed by atoms with Gasteiger partial charge in [0.15, 0.2) is 11.0 Å². The van der Waals surface area contributed by atoms with E-state index in [0.717, 1.165) is 0 Å². The molecule has 6 heteroatoms. The lowest BCUT2D eigenvalue weighted by Gasteiger charge is -2.31. The van der Waals surface area contributed by atoms with Gasteiger partial charge in [0.25, 0.3) is 5.91 Å². The minimum Gasteiger partial charge on any atom is -0.440 e. The molecule has 0 spiro atoms. The number of halogens is 1. The summed E-state index contributed by atoms with van der Waals surface area (Å²) in [6.07, 6.45) is -0.317. The van der Waals surface area contributed by atoms with E-state index in [0.29, 0.717) is 19.7 Å². The van der Waals surface area contributed by atoms with Crippen molar-refractivity contribution < 1.29 is 19.1 Å². The van der Waals surface area contributed by atoms with Crippen LogP contribution < -0.4 is 0 Å². The van der Waals surface area contributed by atoms with Gasteiger partial charge in [-0.1, -0.05) is 0 Å². The minimum absolute atomic E-state index is 0.0946. The molecule has 2 heterocycles. The quantitative estimate of drug-likeness (QED) is 0.836. The molecule has 1 saturated heterocycles. The van der Waals surface area contributed by atoms with Gasteiger partial charge < -0.3 is 19.2 Å². The molecular weight excluding hydrogens is 234 g/mol. The van der Waals surface area contributed by atoms with Crippen LogP contribution in [0.5, 0.6) is 0 Å². The monoisotopic (exact) mass is 245 g/mol. The van der Waals surface area contributed by atoms with E-state index in [9.17, 15) is 4.79 Å². The molecule has 1 amide bonds. The van der Waals surface area contributed by atoms with Crippen LogP contribution in [0.2, 0.25) is 5.22 Å². The smallest absolute Gasteiger partial charge is 0.289 e. The van der Waals surface area contributed by atoms with Crippen LogP contribution in [-0.4, -0.2) is 48.3 Å². The van der Waals surface area contributed by atoms with Gasteiger partial charge >= 0.3 is 0 Å². The van der Waals surface area contributed by atoms with E-state index in [-0.39, 0.29) is 29.6 Å². The number of carbonyl (C=O) groups excluding carboxylic acids is 1. The maximum Gasteiger partial charge on any atom is 0.289 e. The molecule has 5 nitrogen and oxygen atoms in total. The zero-order valence-corrected chi connectivity index (χ0v) is 9.31. The Bertz CT molecular complexity index is 379. The standard InChI is InChI=1S/C10H12ClNO4/c11-9-2-1-8(16-9)10(14)12-3-4-15-7(5-12)6-13/h1-2,7,13H,3-6H2. The first kappa shape index (κ1) is 11.4. The Morgan fingerprint density at radius 2 is 2.44 bits per heavy atom. The van der Waals surface area contributed by atoms with E-state index in [1.807, 2.05) is 0 Å². The summed E-state index contributed by atoms with van der Waals surface area (Å²) in [4.78, 5) is 13.5. The molecular formula is C10H12ClNO4. The van der Waals surface area contributed by atoms with Crippen molar-refractivity contribution in [3.63, 3.8) is 0 Å². The van der Waals surface area contributed by atoms with E-state index in [1.165, 1.54) is 12.1 Å². The highest BCUT2D eigenvalue weighted by Crippen LogP contribution is 2.16. The number of hydrogen-bond donors (Lipinski definition) is 1. The molecule has 0 radical (unpaired) electrons. The van der Waals surface area contributed by atoms with Crippen molar-refractivity contribution in [2.24, 2.45) is 0 Å². The first-order chi connectivity index (χ1) is 7.70. The number of aliphatic hydroxyl groups is 1. The minimum atomic E-state index is -0.317. The Kier molecular flexibility index (Phi) is 3.48. The summed E-state index contributed by atoms with van der Waals surface area (Å²) in [5, 5.41) is 9.15. The topological polar surface area (TPSA) is 62.9 Å². The summed E-state index contributed by atoms with van der Waals surface area (Å²) >= 11 is 5.60. The lowest BCUT2D eigenvalue weighted by atomic mass is 10.2. The van der Waals surface area contributed by atoms with Crippen molar-refractivity contribution >= 4 is 17.5 Å². The molecule has 1 atom stereocenters. The summed E-state index contributed by atoms with van der Waals surface area (Å²) in [6, 6.07) is 3.06. The van der Waals surface area contributed by atoms with Crippen LogP contribution in [-0.2, 0) is 4.74 Å². The number of nitrogens with zero attached hydrogens (tertiary/aromatic N) is 1. The van der Waals surface area contributed by atoms with Crippen LogP contribution in [0.25, 0.3) is 0 Å². The van der Waals surface area contributed by atoms with Gasteiger partial charge in [-0.3, -0.25) is 4.79 Å². The second-order valence-electron chi connectivity index (χ2n) is 3.53. The fourth-order valence-electron chi connectivity index (χ4n) is 1.60. The van der Waals surface area contributed by atoms with E-state index in [4.69, 9.17) is 25.9 Å². The normalized spacial score (nSPS) is 21.1. The Balaban J connectivity index is 2.04. The van der Waals surface area contributed by atoms with Gasteiger partial charge in [0.2, 0.25) is 0 Å². The average Bonchev–Trinajstić information content (AvgIpc) is 2.75. The predicted octanol–water partition coefficient (Wildman–Crippen LogP) is 0.766. The highest BCUT2D eigenvalue weighted by Gasteiger charge is 2.26. The maximum atomic E-state index is 11.9. The third-order valence-electron chi connectivity index (χ3n) is 2.41. The van der Waals surface area contributed by atoms with Gasteiger partial charge in [0.1, 0.15) is 0 Å². The summed E-state index contributed by atoms with van der Waals surface area (Å²) in [5.41, 5.74) is 0. The predicted molar refractivity (Wildman–Crippen MR) is 56.4 cm³/mol. The van der Waals surface area contributed by atoms with Crippen molar-refractivity contribution in [3.8, 4) is 0 Å². The fourth-order valence-corrected chi connectivity index (χ4v) is 1.75. The van der Waals surface area contributed by atoms with Gasteiger partial charge in [-0.05, 0) is 23.7 Å². The molecule has 1 aliphatic rings. The molecule has 16 heavy (non-hydrogen) atoms. The van der Waals surface area contributed by atoms with Crippen molar-refractivity contribution in [2.75, 3.05) is 26.3 Å². The highest BCUT2D eigenvalue weighted by atomic mass is 35.5. The Morgan fingerprint density at radius 1 is 1.62 bits per heavy atom. The fraction of sp³-hybridized carbons (Fsp3) is 0.500. The van der Waals surface area contributed by atoms with E-state index >= 15 is 0 Å². The van der Waals surface area contributed by atoms with Crippen LogP contribution in [0.4, 0.5) is 0 Å². The van der Waals surface area contributed by atoms with E-state index < -0.39 is 0 Å². The maximum absolute atomic E-state index is 11.9. The number of amides is 1. The first-order valence-electron chi connectivity index (χ1n) is 4.98. The summed E-state index contributed by atoms with van der Waals surface area (Å²) in [5.74, 6) is -0.0164. The van der Waals surface area contributed by atoms with Crippen LogP contribution in [0.3, 0.4) is 0 Å². The Hall–Kier alpha value is -1.04. The molecule has 1 N–H and O–H groups in total. The number of carbonyl (C=O) groups is 1. The second-order valence-corrected chi connectivity index (χ2v) is 3.90. The largest absolute Gasteiger partial charge is 0.440 e. The third-order valence-corrected chi connectivity index (χ3v) is 2.62. The lowest BCUT2D eigenvalue weighted by molar-refractivity contribution is -0.0453. The number of rotatable bonds is 2. The second kappa shape index (κ2) is 4.86. The average molecular weight is 246 g/mol. The number of morpholine rings is 1. The van der Waals surface area contributed by atoms with E-state index in [2.05, 4.69) is 0 Å². The lowest BCUT2D eigenvalue weighted by Crippen LogP contribution is -2.46. The number of hydrogen-bond acceptors (Lipinski definition) is 4. The number of furan rings is 1. The van der Waals surface area contributed by atoms with Crippen LogP contribution in [0.15, 0.2) is 16.5 Å². The SMILES string of the molecule is O=C(c1ccc(Cl)o1)N1CCOC(CO)C1. The molecule has 1 aromatic heterocycles. The molecule has 0 bridgehead atoms. The molecule has 1 aromatic rings. The van der Waals surface area contributed by atoms with Crippen molar-refractivity contribution in [3.05, 3.63) is 23.1 Å². The van der Waals surface area contributed by atoms with Gasteiger partial charge in [-0.2, -0.15) is 0 Å². The molecule has 88 valence electrons. The molecule has 0 aromatic carbocycles. The van der Waals surface area contributed by atoms with Gasteiger partial charge in [0, 0.05) is 13.1 Å². The molecule has 1 fully saturated rings. The first-order valence-corrected chi connectivity index (χ1v) is 5.35. The summed E-state index contributed by atoms with van der Waals surface area (Å²) < 4.78 is 10.3. The summed E-state index contributed by atoms with van der Waals surface area (Å²) in [7, 11) is 0. The molecule has 0 aliphatic carbocycles. The van der Waals surface area contributed by atoms with Gasteiger partial charge in [-0.15, -0.1) is 0 Å². The van der Waals surface area contributed by atoms with Crippen molar-refractivity contribution in [1.29, 1.82) is 0 Å². The number of ether oxygens (including phenoxy) is 1. The molecule has 0 saturated carbocycles. The Morgan fingerprint density at radius 3 is 3.06 bits per heavy atom. The van der Waals surface area contributed by atoms with Gasteiger partial charge in [-0.25, -0.2) is 0 Å². The zero-order valence-electron chi connectivity index (χ0n) is 8.56.